The normalized spacial score (nSPS) is 11.7. The van der Waals surface area contributed by atoms with Crippen molar-refractivity contribution in [3.63, 3.8) is 0 Å². The summed E-state index contributed by atoms with van der Waals surface area (Å²) in [5, 5.41) is 2.75. The lowest BCUT2D eigenvalue weighted by Crippen LogP contribution is -2.33. The van der Waals surface area contributed by atoms with Gasteiger partial charge in [-0.3, -0.25) is 4.79 Å². The fraction of sp³-hybridized carbons (Fsp3) is 0.381. The van der Waals surface area contributed by atoms with E-state index in [1.165, 1.54) is 16.4 Å². The first kappa shape index (κ1) is 21.9. The third-order valence-corrected chi connectivity index (χ3v) is 6.38. The van der Waals surface area contributed by atoms with Crippen LogP contribution in [0.15, 0.2) is 47.4 Å². The lowest BCUT2D eigenvalue weighted by Gasteiger charge is -2.21. The zero-order valence-electron chi connectivity index (χ0n) is 17.0. The van der Waals surface area contributed by atoms with Gasteiger partial charge in [-0.05, 0) is 75.2 Å². The number of sulfonamides is 1. The van der Waals surface area contributed by atoms with Crippen LogP contribution in [-0.4, -0.2) is 38.3 Å². The molecule has 6 nitrogen and oxygen atoms in total. The van der Waals surface area contributed by atoms with E-state index in [2.05, 4.69) is 11.4 Å². The lowest BCUT2D eigenvalue weighted by molar-refractivity contribution is -0.116. The molecule has 0 bridgehead atoms. The molecule has 28 heavy (non-hydrogen) atoms. The average molecular weight is 405 g/mol. The molecule has 0 aliphatic rings. The largest absolute Gasteiger partial charge is 0.493 e. The van der Waals surface area contributed by atoms with Crippen LogP contribution in [-0.2, 0) is 14.8 Å². The zero-order valence-corrected chi connectivity index (χ0v) is 17.8. The molecule has 1 N–H and O–H groups in total. The quantitative estimate of drug-likeness (QED) is 0.727. The van der Waals surface area contributed by atoms with Crippen LogP contribution in [0.3, 0.4) is 0 Å². The SMILES string of the molecule is Cc1cc(C)cc(OCCC(=O)Nc2ccc(S(=O)(=O)N(C)C(C)C)cc2)c1. The summed E-state index contributed by atoms with van der Waals surface area (Å²) in [5.74, 6) is 0.549. The summed E-state index contributed by atoms with van der Waals surface area (Å²) in [6.07, 6.45) is 0.198. The van der Waals surface area contributed by atoms with Gasteiger partial charge in [-0.15, -0.1) is 0 Å². The molecule has 0 aromatic heterocycles. The topological polar surface area (TPSA) is 75.7 Å². The Morgan fingerprint density at radius 3 is 2.18 bits per heavy atom. The predicted octanol–water partition coefficient (Wildman–Crippen LogP) is 3.74. The second-order valence-corrected chi connectivity index (χ2v) is 9.11. The van der Waals surface area contributed by atoms with E-state index in [1.54, 1.807) is 19.2 Å². The first-order chi connectivity index (χ1) is 13.1. The minimum absolute atomic E-state index is 0.137. The third kappa shape index (κ3) is 5.81. The molecule has 0 spiro atoms. The fourth-order valence-electron chi connectivity index (χ4n) is 2.66. The number of ether oxygens (including phenoxy) is 1. The van der Waals surface area contributed by atoms with E-state index in [0.717, 1.165) is 16.9 Å². The number of nitrogens with one attached hydrogen (secondary N) is 1. The molecule has 0 saturated carbocycles. The maximum Gasteiger partial charge on any atom is 0.243 e. The maximum absolute atomic E-state index is 12.5. The maximum atomic E-state index is 12.5. The summed E-state index contributed by atoms with van der Waals surface area (Å²) in [6.45, 7) is 7.88. The summed E-state index contributed by atoms with van der Waals surface area (Å²) in [7, 11) is -1.99. The number of benzene rings is 2. The van der Waals surface area contributed by atoms with Crippen LogP contribution in [0.2, 0.25) is 0 Å². The van der Waals surface area contributed by atoms with Gasteiger partial charge in [0.1, 0.15) is 5.75 Å². The van der Waals surface area contributed by atoms with Gasteiger partial charge in [0.25, 0.3) is 0 Å². The highest BCUT2D eigenvalue weighted by Crippen LogP contribution is 2.19. The molecule has 0 saturated heterocycles. The Morgan fingerprint density at radius 2 is 1.64 bits per heavy atom. The van der Waals surface area contributed by atoms with Crippen LogP contribution in [0, 0.1) is 13.8 Å². The molecule has 0 aliphatic carbocycles. The summed E-state index contributed by atoms with van der Waals surface area (Å²) >= 11 is 0. The van der Waals surface area contributed by atoms with Crippen LogP contribution in [0.5, 0.6) is 5.75 Å². The number of aryl methyl sites for hydroxylation is 2. The third-order valence-electron chi connectivity index (χ3n) is 4.34. The second kappa shape index (κ2) is 9.21. The highest BCUT2D eigenvalue weighted by atomic mass is 32.2. The Hall–Kier alpha value is -2.38. The van der Waals surface area contributed by atoms with Gasteiger partial charge in [-0.1, -0.05) is 6.07 Å². The van der Waals surface area contributed by atoms with E-state index in [4.69, 9.17) is 4.74 Å². The second-order valence-electron chi connectivity index (χ2n) is 7.11. The van der Waals surface area contributed by atoms with Crippen LogP contribution >= 0.6 is 0 Å². The van der Waals surface area contributed by atoms with E-state index in [0.29, 0.717) is 5.69 Å². The Bertz CT molecular complexity index is 902. The molecule has 1 amide bonds. The molecule has 2 aromatic carbocycles. The summed E-state index contributed by atoms with van der Waals surface area (Å²) in [4.78, 5) is 12.3. The van der Waals surface area contributed by atoms with Gasteiger partial charge in [0.2, 0.25) is 15.9 Å². The molecule has 0 unspecified atom stereocenters. The van der Waals surface area contributed by atoms with E-state index < -0.39 is 10.0 Å². The van der Waals surface area contributed by atoms with Crippen molar-refractivity contribution in [2.75, 3.05) is 19.0 Å². The van der Waals surface area contributed by atoms with Crippen LogP contribution < -0.4 is 10.1 Å². The van der Waals surface area contributed by atoms with Crippen molar-refractivity contribution in [2.24, 2.45) is 0 Å². The van der Waals surface area contributed by atoms with E-state index in [-0.39, 0.29) is 29.9 Å². The Balaban J connectivity index is 1.90. The van der Waals surface area contributed by atoms with Gasteiger partial charge < -0.3 is 10.1 Å². The summed E-state index contributed by atoms with van der Waals surface area (Å²) in [5.41, 5.74) is 2.76. The molecular weight excluding hydrogens is 376 g/mol. The van der Waals surface area contributed by atoms with Gasteiger partial charge in [0.05, 0.1) is 17.9 Å². The molecule has 0 heterocycles. The number of hydrogen-bond donors (Lipinski definition) is 1. The highest BCUT2D eigenvalue weighted by Gasteiger charge is 2.22. The number of amides is 1. The molecule has 2 aromatic rings. The smallest absolute Gasteiger partial charge is 0.243 e. The minimum Gasteiger partial charge on any atom is -0.493 e. The molecule has 0 fully saturated rings. The number of carbonyl (C=O) groups excluding carboxylic acids is 1. The summed E-state index contributed by atoms with van der Waals surface area (Å²) < 4.78 is 31.9. The van der Waals surface area contributed by atoms with Crippen molar-refractivity contribution in [3.8, 4) is 5.75 Å². The van der Waals surface area contributed by atoms with Crippen molar-refractivity contribution in [1.82, 2.24) is 4.31 Å². The van der Waals surface area contributed by atoms with Gasteiger partial charge >= 0.3 is 0 Å². The van der Waals surface area contributed by atoms with Gasteiger partial charge in [-0.25, -0.2) is 8.42 Å². The molecular formula is C21H28N2O4S. The fourth-order valence-corrected chi connectivity index (χ4v) is 4.02. The Labute approximate surface area is 167 Å². The molecule has 0 aliphatic heterocycles. The van der Waals surface area contributed by atoms with Crippen molar-refractivity contribution in [2.45, 2.75) is 45.1 Å². The van der Waals surface area contributed by atoms with Crippen molar-refractivity contribution < 1.29 is 17.9 Å². The molecule has 2 rings (SSSR count). The first-order valence-electron chi connectivity index (χ1n) is 9.18. The molecule has 7 heteroatoms. The summed E-state index contributed by atoms with van der Waals surface area (Å²) in [6, 6.07) is 11.9. The van der Waals surface area contributed by atoms with Gasteiger partial charge in [0.15, 0.2) is 0 Å². The predicted molar refractivity (Wildman–Crippen MR) is 111 cm³/mol. The number of anilines is 1. The molecule has 152 valence electrons. The minimum atomic E-state index is -3.53. The van der Waals surface area contributed by atoms with Crippen molar-refractivity contribution in [1.29, 1.82) is 0 Å². The first-order valence-corrected chi connectivity index (χ1v) is 10.6. The average Bonchev–Trinajstić information content (AvgIpc) is 2.60. The highest BCUT2D eigenvalue weighted by molar-refractivity contribution is 7.89. The molecule has 0 atom stereocenters. The monoisotopic (exact) mass is 404 g/mol. The lowest BCUT2D eigenvalue weighted by atomic mass is 10.1. The van der Waals surface area contributed by atoms with Crippen molar-refractivity contribution in [3.05, 3.63) is 53.6 Å². The standard InChI is InChI=1S/C21H28N2O4S/c1-15(2)23(5)28(25,26)20-8-6-18(7-9-20)22-21(24)10-11-27-19-13-16(3)12-17(4)14-19/h6-9,12-15H,10-11H2,1-5H3,(H,22,24). The van der Waals surface area contributed by atoms with Crippen LogP contribution in [0.1, 0.15) is 31.4 Å². The van der Waals surface area contributed by atoms with Gasteiger partial charge in [-0.2, -0.15) is 4.31 Å². The number of hydrogen-bond acceptors (Lipinski definition) is 4. The Morgan fingerprint density at radius 1 is 1.07 bits per heavy atom. The Kier molecular flexibility index (Phi) is 7.21. The van der Waals surface area contributed by atoms with E-state index >= 15 is 0 Å². The van der Waals surface area contributed by atoms with Gasteiger partial charge in [0, 0.05) is 18.8 Å². The van der Waals surface area contributed by atoms with E-state index in [9.17, 15) is 13.2 Å². The van der Waals surface area contributed by atoms with E-state index in [1.807, 2.05) is 39.8 Å². The molecule has 0 radical (unpaired) electrons. The number of carbonyl (C=O) groups is 1. The van der Waals surface area contributed by atoms with Crippen LogP contribution in [0.4, 0.5) is 5.69 Å². The zero-order chi connectivity index (χ0) is 20.9. The number of nitrogens with zero attached hydrogens (tertiary/aromatic N) is 1. The number of rotatable bonds is 8. The van der Waals surface area contributed by atoms with Crippen LogP contribution in [0.25, 0.3) is 0 Å². The van der Waals surface area contributed by atoms with Crippen molar-refractivity contribution >= 4 is 21.6 Å².